The monoisotopic (exact) mass is 441 g/mol. The fourth-order valence-corrected chi connectivity index (χ4v) is 4.82. The van der Waals surface area contributed by atoms with E-state index in [1.54, 1.807) is 17.4 Å². The van der Waals surface area contributed by atoms with Gasteiger partial charge in [-0.2, -0.15) is 0 Å². The minimum atomic E-state index is -0.0513. The van der Waals surface area contributed by atoms with Gasteiger partial charge in [-0.3, -0.25) is 9.69 Å². The fourth-order valence-electron chi connectivity index (χ4n) is 3.44. The van der Waals surface area contributed by atoms with Gasteiger partial charge in [0.05, 0.1) is 0 Å². The van der Waals surface area contributed by atoms with Gasteiger partial charge in [0.15, 0.2) is 11.5 Å². The first-order chi connectivity index (χ1) is 14.5. The highest BCUT2D eigenvalue weighted by Gasteiger charge is 2.23. The number of carbonyl (C=O) groups is 1. The number of halogens is 1. The van der Waals surface area contributed by atoms with Crippen LogP contribution in [0.2, 0.25) is 5.02 Å². The van der Waals surface area contributed by atoms with E-state index in [4.69, 9.17) is 11.6 Å². The summed E-state index contributed by atoms with van der Waals surface area (Å²) in [7, 11) is 3.80. The number of anilines is 1. The molecule has 3 heterocycles. The Morgan fingerprint density at radius 1 is 1.03 bits per heavy atom. The van der Waals surface area contributed by atoms with Gasteiger partial charge in [0.2, 0.25) is 0 Å². The first kappa shape index (κ1) is 20.8. The molecule has 0 spiro atoms. The second-order valence-electron chi connectivity index (χ2n) is 7.49. The zero-order valence-electron chi connectivity index (χ0n) is 17.1. The van der Waals surface area contributed by atoms with Crippen LogP contribution < -0.4 is 4.90 Å². The number of hydrogen-bond acceptors (Lipinski definition) is 6. The van der Waals surface area contributed by atoms with Crippen LogP contribution in [0.1, 0.15) is 15.4 Å². The Labute approximate surface area is 185 Å². The molecule has 0 bridgehead atoms. The minimum Gasteiger partial charge on any atom is -0.361 e. The van der Waals surface area contributed by atoms with E-state index in [0.29, 0.717) is 18.8 Å². The number of carbonyl (C=O) groups excluding carboxylic acids is 1. The maximum Gasteiger partial charge on any atom is 0.274 e. The van der Waals surface area contributed by atoms with Gasteiger partial charge in [-0.25, -0.2) is 0 Å². The summed E-state index contributed by atoms with van der Waals surface area (Å²) in [6.45, 7) is 3.95. The van der Waals surface area contributed by atoms with Crippen LogP contribution in [0.25, 0.3) is 10.4 Å². The first-order valence-electron chi connectivity index (χ1n) is 9.87. The lowest BCUT2D eigenvalue weighted by molar-refractivity contribution is 0.0623. The topological polar surface area (TPSA) is 52.6 Å². The lowest BCUT2D eigenvalue weighted by atomic mass is 10.2. The molecule has 8 heteroatoms. The highest BCUT2D eigenvalue weighted by atomic mass is 35.5. The summed E-state index contributed by atoms with van der Waals surface area (Å²) < 4.78 is 0. The second kappa shape index (κ2) is 9.12. The molecule has 1 aliphatic heterocycles. The maximum atomic E-state index is 12.7. The number of hydrogen-bond donors (Lipinski definition) is 0. The zero-order chi connectivity index (χ0) is 21.1. The predicted molar refractivity (Wildman–Crippen MR) is 122 cm³/mol. The van der Waals surface area contributed by atoms with Crippen molar-refractivity contribution >= 4 is 34.7 Å². The van der Waals surface area contributed by atoms with Gasteiger partial charge < -0.3 is 9.80 Å². The van der Waals surface area contributed by atoms with Gasteiger partial charge in [-0.15, -0.1) is 21.5 Å². The van der Waals surface area contributed by atoms with Gasteiger partial charge in [0.25, 0.3) is 5.91 Å². The highest BCUT2D eigenvalue weighted by Crippen LogP contribution is 2.33. The number of thiophene rings is 1. The Kier molecular flexibility index (Phi) is 6.32. The molecule has 2 aromatic heterocycles. The lowest BCUT2D eigenvalue weighted by Gasteiger charge is -2.34. The minimum absolute atomic E-state index is 0.0513. The molecular weight excluding hydrogens is 418 g/mol. The van der Waals surface area contributed by atoms with Crippen molar-refractivity contribution in [1.29, 1.82) is 0 Å². The molecule has 156 valence electrons. The highest BCUT2D eigenvalue weighted by molar-refractivity contribution is 7.15. The van der Waals surface area contributed by atoms with Crippen molar-refractivity contribution in [1.82, 2.24) is 20.0 Å². The molecule has 30 heavy (non-hydrogen) atoms. The van der Waals surface area contributed by atoms with Gasteiger partial charge >= 0.3 is 0 Å². The van der Waals surface area contributed by atoms with Gasteiger partial charge in [0, 0.05) is 67.2 Å². The van der Waals surface area contributed by atoms with Crippen LogP contribution in [0, 0.1) is 0 Å². The Balaban J connectivity index is 1.33. The molecular formula is C22H24ClN5OS. The molecule has 0 N–H and O–H groups in total. The molecule has 0 aliphatic carbocycles. The van der Waals surface area contributed by atoms with Crippen LogP contribution in [-0.2, 0) is 6.54 Å². The number of aromatic nitrogens is 2. The van der Waals surface area contributed by atoms with E-state index in [1.807, 2.05) is 48.2 Å². The molecule has 1 aromatic carbocycles. The van der Waals surface area contributed by atoms with Crippen LogP contribution in [0.15, 0.2) is 48.5 Å². The normalized spacial score (nSPS) is 14.7. The van der Waals surface area contributed by atoms with Crippen molar-refractivity contribution in [2.75, 3.05) is 45.2 Å². The summed E-state index contributed by atoms with van der Waals surface area (Å²) in [4.78, 5) is 21.3. The maximum absolute atomic E-state index is 12.7. The molecule has 0 radical (unpaired) electrons. The molecule has 1 fully saturated rings. The average Bonchev–Trinajstić information content (AvgIpc) is 3.22. The summed E-state index contributed by atoms with van der Waals surface area (Å²) in [6.07, 6.45) is 0. The van der Waals surface area contributed by atoms with Crippen LogP contribution in [0.4, 0.5) is 5.82 Å². The third-order valence-corrected chi connectivity index (χ3v) is 6.60. The van der Waals surface area contributed by atoms with E-state index in [1.165, 1.54) is 9.75 Å². The molecule has 0 saturated carbocycles. The number of nitrogens with zero attached hydrogens (tertiary/aromatic N) is 5. The third-order valence-electron chi connectivity index (χ3n) is 5.17. The molecule has 0 unspecified atom stereocenters. The van der Waals surface area contributed by atoms with E-state index >= 15 is 0 Å². The van der Waals surface area contributed by atoms with E-state index < -0.39 is 0 Å². The summed E-state index contributed by atoms with van der Waals surface area (Å²) in [5.74, 6) is 0.688. The van der Waals surface area contributed by atoms with E-state index in [2.05, 4.69) is 33.3 Å². The molecule has 1 amide bonds. The smallest absolute Gasteiger partial charge is 0.274 e. The van der Waals surface area contributed by atoms with Crippen molar-refractivity contribution in [3.63, 3.8) is 0 Å². The molecule has 1 aliphatic rings. The summed E-state index contributed by atoms with van der Waals surface area (Å²) >= 11 is 8.10. The van der Waals surface area contributed by atoms with Gasteiger partial charge in [-0.05, 0) is 30.3 Å². The number of amides is 1. The zero-order valence-corrected chi connectivity index (χ0v) is 18.7. The van der Waals surface area contributed by atoms with Crippen molar-refractivity contribution < 1.29 is 4.79 Å². The van der Waals surface area contributed by atoms with Crippen LogP contribution in [-0.4, -0.2) is 66.2 Å². The standard InChI is InChI=1S/C22H24ClN5OS/c1-26(2)21-10-8-19(24-25-21)22(29)28-13-11-27(12-14-28)15-16-7-9-20(30-16)17-5-3-4-6-18(17)23/h3-10H,11-15H2,1-2H3. The van der Waals surface area contributed by atoms with Gasteiger partial charge in [-0.1, -0.05) is 29.8 Å². The fraction of sp³-hybridized carbons (Fsp3) is 0.318. The number of piperazine rings is 1. The quantitative estimate of drug-likeness (QED) is 0.601. The first-order valence-corrected chi connectivity index (χ1v) is 11.1. The Morgan fingerprint density at radius 3 is 2.47 bits per heavy atom. The molecule has 4 rings (SSSR count). The van der Waals surface area contributed by atoms with Crippen molar-refractivity contribution in [3.05, 3.63) is 64.1 Å². The molecule has 3 aromatic rings. The molecule has 0 atom stereocenters. The van der Waals surface area contributed by atoms with Crippen molar-refractivity contribution in [3.8, 4) is 10.4 Å². The SMILES string of the molecule is CN(C)c1ccc(C(=O)N2CCN(Cc3ccc(-c4ccccc4Cl)s3)CC2)nn1. The Hall–Kier alpha value is -2.48. The summed E-state index contributed by atoms with van der Waals surface area (Å²) in [5, 5.41) is 8.98. The lowest BCUT2D eigenvalue weighted by Crippen LogP contribution is -2.48. The average molecular weight is 442 g/mol. The van der Waals surface area contributed by atoms with Crippen LogP contribution in [0.5, 0.6) is 0 Å². The predicted octanol–water partition coefficient (Wildman–Crippen LogP) is 3.88. The van der Waals surface area contributed by atoms with E-state index in [-0.39, 0.29) is 5.91 Å². The summed E-state index contributed by atoms with van der Waals surface area (Å²) in [5.41, 5.74) is 1.48. The Morgan fingerprint density at radius 2 is 1.80 bits per heavy atom. The van der Waals surface area contributed by atoms with Crippen LogP contribution >= 0.6 is 22.9 Å². The van der Waals surface area contributed by atoms with Gasteiger partial charge in [0.1, 0.15) is 0 Å². The third kappa shape index (κ3) is 4.64. The van der Waals surface area contributed by atoms with E-state index in [0.717, 1.165) is 36.0 Å². The van der Waals surface area contributed by atoms with Crippen molar-refractivity contribution in [2.45, 2.75) is 6.54 Å². The Bertz CT molecular complexity index is 1010. The summed E-state index contributed by atoms with van der Waals surface area (Å²) in [6, 6.07) is 15.8. The number of benzene rings is 1. The largest absolute Gasteiger partial charge is 0.361 e. The molecule has 1 saturated heterocycles. The van der Waals surface area contributed by atoms with Crippen LogP contribution in [0.3, 0.4) is 0 Å². The molecule has 6 nitrogen and oxygen atoms in total. The van der Waals surface area contributed by atoms with Crippen molar-refractivity contribution in [2.24, 2.45) is 0 Å². The van der Waals surface area contributed by atoms with E-state index in [9.17, 15) is 4.79 Å². The number of rotatable bonds is 5. The second-order valence-corrected chi connectivity index (χ2v) is 9.06.